The van der Waals surface area contributed by atoms with Gasteiger partial charge in [0.05, 0.1) is 17.5 Å². The summed E-state index contributed by atoms with van der Waals surface area (Å²) in [4.78, 5) is 18.0. The van der Waals surface area contributed by atoms with Gasteiger partial charge in [0.2, 0.25) is 0 Å². The van der Waals surface area contributed by atoms with E-state index in [1.165, 1.54) is 6.07 Å². The molecule has 3 aliphatic rings. The van der Waals surface area contributed by atoms with Crippen LogP contribution in [0.3, 0.4) is 0 Å². The van der Waals surface area contributed by atoms with Crippen molar-refractivity contribution in [2.24, 2.45) is 0 Å². The quantitative estimate of drug-likeness (QED) is 0.379. The molecule has 0 spiro atoms. The lowest BCUT2D eigenvalue weighted by Gasteiger charge is -2.31. The van der Waals surface area contributed by atoms with Crippen molar-refractivity contribution in [3.63, 3.8) is 0 Å². The lowest BCUT2D eigenvalue weighted by molar-refractivity contribution is 0.107. The molecule has 4 aromatic rings. The fourth-order valence-electron chi connectivity index (χ4n) is 6.61. The average Bonchev–Trinajstić information content (AvgIpc) is 3.33. The molecule has 2 atom stereocenters. The van der Waals surface area contributed by atoms with E-state index in [4.69, 9.17) is 14.5 Å². The molecule has 8 nitrogen and oxygen atoms in total. The van der Waals surface area contributed by atoms with Crippen LogP contribution in [0.25, 0.3) is 32.9 Å². The minimum absolute atomic E-state index is 0.0232. The monoisotopic (exact) mass is 547 g/mol. The average molecular weight is 548 g/mol. The zero-order chi connectivity index (χ0) is 27.3. The molecule has 1 N–H and O–H groups in total. The van der Waals surface area contributed by atoms with Gasteiger partial charge in [-0.3, -0.25) is 9.88 Å². The number of aromatic hydroxyl groups is 1. The number of hydrogen-bond acceptors (Lipinski definition) is 8. The molecule has 7 rings (SSSR count). The van der Waals surface area contributed by atoms with Gasteiger partial charge >= 0.3 is 6.01 Å². The third-order valence-electron chi connectivity index (χ3n) is 8.50. The van der Waals surface area contributed by atoms with Gasteiger partial charge in [-0.15, -0.1) is 0 Å². The maximum absolute atomic E-state index is 16.4. The van der Waals surface area contributed by atoms with Gasteiger partial charge in [0.15, 0.2) is 5.82 Å². The summed E-state index contributed by atoms with van der Waals surface area (Å²) in [7, 11) is 0. The first-order chi connectivity index (χ1) is 19.5. The Kier molecular flexibility index (Phi) is 6.39. The van der Waals surface area contributed by atoms with E-state index in [0.717, 1.165) is 36.6 Å². The van der Waals surface area contributed by atoms with Crippen molar-refractivity contribution >= 4 is 27.5 Å². The van der Waals surface area contributed by atoms with Crippen LogP contribution in [-0.2, 0) is 4.74 Å². The first kappa shape index (κ1) is 25.3. The highest BCUT2D eigenvalue weighted by Gasteiger charge is 2.49. The molecule has 208 valence electrons. The first-order valence-corrected chi connectivity index (χ1v) is 13.9. The van der Waals surface area contributed by atoms with E-state index >= 15 is 4.39 Å². The first-order valence-electron chi connectivity index (χ1n) is 13.9. The molecule has 5 heterocycles. The minimum atomic E-state index is -0.878. The Morgan fingerprint density at radius 1 is 1.07 bits per heavy atom. The summed E-state index contributed by atoms with van der Waals surface area (Å²) >= 11 is 0. The molecular weight excluding hydrogens is 516 g/mol. The zero-order valence-corrected chi connectivity index (χ0v) is 22.2. The number of halogens is 2. The summed E-state index contributed by atoms with van der Waals surface area (Å²) in [5, 5.41) is 12.4. The van der Waals surface area contributed by atoms with Crippen molar-refractivity contribution < 1.29 is 23.4 Å². The van der Waals surface area contributed by atoms with E-state index in [-0.39, 0.29) is 35.1 Å². The molecule has 3 fully saturated rings. The minimum Gasteiger partial charge on any atom is -0.508 e. The van der Waals surface area contributed by atoms with Gasteiger partial charge in [-0.25, -0.2) is 8.78 Å². The third-order valence-corrected chi connectivity index (χ3v) is 8.50. The molecule has 2 aromatic carbocycles. The second-order valence-electron chi connectivity index (χ2n) is 11.0. The largest absolute Gasteiger partial charge is 0.508 e. The summed E-state index contributed by atoms with van der Waals surface area (Å²) in [6, 6.07) is 10.7. The van der Waals surface area contributed by atoms with Crippen molar-refractivity contribution in [2.45, 2.75) is 37.4 Å². The summed E-state index contributed by atoms with van der Waals surface area (Å²) in [6.45, 7) is 3.97. The molecule has 0 bridgehead atoms. The maximum atomic E-state index is 16.4. The number of phenols is 1. The number of rotatable bonds is 5. The molecule has 40 heavy (non-hydrogen) atoms. The number of nitrogens with zero attached hydrogens (tertiary/aromatic N) is 5. The highest BCUT2D eigenvalue weighted by molar-refractivity contribution is 5.99. The van der Waals surface area contributed by atoms with Crippen molar-refractivity contribution in [3.05, 3.63) is 48.4 Å². The normalized spacial score (nSPS) is 23.6. The Balaban J connectivity index is 1.34. The Labute approximate surface area is 230 Å². The van der Waals surface area contributed by atoms with Crippen LogP contribution in [0.15, 0.2) is 42.6 Å². The molecule has 10 heteroatoms. The number of ether oxygens (including phenoxy) is 2. The lowest BCUT2D eigenvalue weighted by Crippen LogP contribution is -2.43. The SMILES string of the molecule is Oc1cc(-c2ncc3c(N4CCCOCC4)nc(OCC45CCCN4CC(F)C5)nc3c2F)c2ccccc2c1. The van der Waals surface area contributed by atoms with Crippen molar-refractivity contribution in [1.82, 2.24) is 19.9 Å². The predicted octanol–water partition coefficient (Wildman–Crippen LogP) is 4.87. The lowest BCUT2D eigenvalue weighted by atomic mass is 9.95. The van der Waals surface area contributed by atoms with E-state index < -0.39 is 12.0 Å². The molecule has 0 amide bonds. The molecule has 3 saturated heterocycles. The number of fused-ring (bicyclic) bond motifs is 3. The Morgan fingerprint density at radius 3 is 2.90 bits per heavy atom. The van der Waals surface area contributed by atoms with Crippen molar-refractivity contribution in [1.29, 1.82) is 0 Å². The van der Waals surface area contributed by atoms with Crippen LogP contribution in [-0.4, -0.2) is 82.7 Å². The van der Waals surface area contributed by atoms with Crippen molar-refractivity contribution in [2.75, 3.05) is 50.9 Å². The van der Waals surface area contributed by atoms with Crippen LogP contribution in [0.4, 0.5) is 14.6 Å². The second kappa shape index (κ2) is 10.1. The van der Waals surface area contributed by atoms with Gasteiger partial charge in [-0.2, -0.15) is 9.97 Å². The number of alkyl halides is 1. The highest BCUT2D eigenvalue weighted by atomic mass is 19.1. The molecule has 3 aliphatic heterocycles. The van der Waals surface area contributed by atoms with Gasteiger partial charge < -0.3 is 19.5 Å². The predicted molar refractivity (Wildman–Crippen MR) is 148 cm³/mol. The number of hydrogen-bond donors (Lipinski definition) is 1. The van der Waals surface area contributed by atoms with Crippen LogP contribution in [0, 0.1) is 5.82 Å². The van der Waals surface area contributed by atoms with E-state index in [1.54, 1.807) is 12.3 Å². The summed E-state index contributed by atoms with van der Waals surface area (Å²) in [5.41, 5.74) is 0.280. The fourth-order valence-corrected chi connectivity index (χ4v) is 6.61. The topological polar surface area (TPSA) is 83.8 Å². The fraction of sp³-hybridized carbons (Fsp3) is 0.433. The van der Waals surface area contributed by atoms with E-state index in [1.807, 2.05) is 24.3 Å². The molecule has 2 unspecified atom stereocenters. The van der Waals surface area contributed by atoms with Crippen LogP contribution in [0.1, 0.15) is 25.7 Å². The van der Waals surface area contributed by atoms with Gasteiger partial charge in [0.1, 0.15) is 35.6 Å². The molecule has 2 aromatic heterocycles. The number of aromatic nitrogens is 3. The molecule has 0 radical (unpaired) electrons. The van der Waals surface area contributed by atoms with Crippen LogP contribution >= 0.6 is 0 Å². The summed E-state index contributed by atoms with van der Waals surface area (Å²) < 4.78 is 42.6. The third kappa shape index (κ3) is 4.39. The zero-order valence-electron chi connectivity index (χ0n) is 22.2. The number of phenolic OH excluding ortho intramolecular Hbond substituents is 1. The van der Waals surface area contributed by atoms with E-state index in [0.29, 0.717) is 56.0 Å². The van der Waals surface area contributed by atoms with E-state index in [9.17, 15) is 9.50 Å². The van der Waals surface area contributed by atoms with Gasteiger partial charge in [-0.1, -0.05) is 24.3 Å². The van der Waals surface area contributed by atoms with Crippen LogP contribution in [0.5, 0.6) is 11.8 Å². The number of anilines is 1. The maximum Gasteiger partial charge on any atom is 0.319 e. The molecular formula is C30H31F2N5O3. The van der Waals surface area contributed by atoms with E-state index in [2.05, 4.69) is 19.8 Å². The Hall–Kier alpha value is -3.63. The van der Waals surface area contributed by atoms with Gasteiger partial charge in [0.25, 0.3) is 0 Å². The number of benzene rings is 2. The van der Waals surface area contributed by atoms with Crippen molar-refractivity contribution in [3.8, 4) is 23.0 Å². The smallest absolute Gasteiger partial charge is 0.319 e. The molecule has 0 aliphatic carbocycles. The Morgan fingerprint density at radius 2 is 1.98 bits per heavy atom. The van der Waals surface area contributed by atoms with Gasteiger partial charge in [-0.05, 0) is 48.7 Å². The van der Waals surface area contributed by atoms with Gasteiger partial charge in [0, 0.05) is 44.4 Å². The summed E-state index contributed by atoms with van der Waals surface area (Å²) in [6.07, 6.45) is 3.79. The number of pyridine rings is 1. The Bertz CT molecular complexity index is 1580. The summed E-state index contributed by atoms with van der Waals surface area (Å²) in [5.74, 6) is -0.0481. The molecule has 0 saturated carbocycles. The van der Waals surface area contributed by atoms with Crippen LogP contribution in [0.2, 0.25) is 0 Å². The van der Waals surface area contributed by atoms with Crippen LogP contribution < -0.4 is 9.64 Å². The standard InChI is InChI=1S/C30H31F2N5O3/c31-20-15-30(7-3-9-37(30)17-20)18-40-29-34-27-24(28(35-29)36-8-4-11-39-12-10-36)16-33-26(25(27)32)23-14-21(38)13-19-5-1-2-6-22(19)23/h1-2,5-6,13-14,16,20,38H,3-4,7-12,15,17-18H2. The second-order valence-corrected chi connectivity index (χ2v) is 11.0. The highest BCUT2D eigenvalue weighted by Crippen LogP contribution is 2.41.